The van der Waals surface area contributed by atoms with Gasteiger partial charge in [-0.15, -0.1) is 0 Å². The van der Waals surface area contributed by atoms with Gasteiger partial charge in [0.15, 0.2) is 5.69 Å². The summed E-state index contributed by atoms with van der Waals surface area (Å²) in [7, 11) is 0. The first kappa shape index (κ1) is 17.6. The van der Waals surface area contributed by atoms with Crippen molar-refractivity contribution in [2.45, 2.75) is 33.2 Å². The van der Waals surface area contributed by atoms with Gasteiger partial charge in [0.05, 0.1) is 23.4 Å². The van der Waals surface area contributed by atoms with Crippen LogP contribution in [-0.2, 0) is 4.74 Å². The minimum absolute atomic E-state index is 0.153. The van der Waals surface area contributed by atoms with E-state index in [1.807, 2.05) is 43.7 Å². The summed E-state index contributed by atoms with van der Waals surface area (Å²) in [6.07, 6.45) is 2.36. The number of hydrogen-bond donors (Lipinski definition) is 0. The Morgan fingerprint density at radius 3 is 2.81 bits per heavy atom. The molecule has 2 heterocycles. The fraction of sp³-hybridized carbons (Fsp3) is 0.300. The molecule has 0 radical (unpaired) electrons. The zero-order valence-corrected chi connectivity index (χ0v) is 15.1. The van der Waals surface area contributed by atoms with E-state index in [0.29, 0.717) is 23.6 Å². The number of carbonyl (C=O) groups is 1. The molecule has 26 heavy (non-hydrogen) atoms. The Kier molecular flexibility index (Phi) is 4.99. The Balaban J connectivity index is 2.04. The van der Waals surface area contributed by atoms with E-state index in [2.05, 4.69) is 16.2 Å². The summed E-state index contributed by atoms with van der Waals surface area (Å²) in [5, 5.41) is 14.5. The van der Waals surface area contributed by atoms with Gasteiger partial charge in [-0.1, -0.05) is 13.0 Å². The zero-order valence-electron chi connectivity index (χ0n) is 15.1. The lowest BCUT2D eigenvalue weighted by molar-refractivity contribution is 0.0505. The number of nitriles is 1. The highest BCUT2D eigenvalue weighted by Gasteiger charge is 2.15. The lowest BCUT2D eigenvalue weighted by atomic mass is 10.1. The summed E-state index contributed by atoms with van der Waals surface area (Å²) in [5.41, 5.74) is 3.22. The second kappa shape index (κ2) is 7.36. The summed E-state index contributed by atoms with van der Waals surface area (Å²) in [4.78, 5) is 16.4. The summed E-state index contributed by atoms with van der Waals surface area (Å²) < 4.78 is 7.02. The van der Waals surface area contributed by atoms with Crippen LogP contribution in [0.5, 0.6) is 0 Å². The Labute approximate surface area is 152 Å². The van der Waals surface area contributed by atoms with Gasteiger partial charge in [0.2, 0.25) is 0 Å². The molecule has 0 atom stereocenters. The molecule has 2 aromatic heterocycles. The molecule has 0 fully saturated rings. The van der Waals surface area contributed by atoms with Gasteiger partial charge in [-0.05, 0) is 44.5 Å². The normalized spacial score (nSPS) is 10.9. The molecule has 0 spiro atoms. The SMILES string of the molecule is CCCOC(=O)c1ccnc(-c2ccc3c(c2)c(C#N)nn3C(C)C)c1. The van der Waals surface area contributed by atoms with Crippen molar-refractivity contribution < 1.29 is 9.53 Å². The topological polar surface area (TPSA) is 80.8 Å². The predicted octanol–water partition coefficient (Wildman–Crippen LogP) is 4.12. The first-order valence-corrected chi connectivity index (χ1v) is 8.61. The average molecular weight is 348 g/mol. The van der Waals surface area contributed by atoms with Crippen molar-refractivity contribution in [2.75, 3.05) is 6.61 Å². The van der Waals surface area contributed by atoms with Gasteiger partial charge < -0.3 is 4.74 Å². The molecule has 132 valence electrons. The standard InChI is InChI=1S/C20H20N4O2/c1-4-9-26-20(25)15-7-8-22-17(11-15)14-5-6-19-16(10-14)18(12-21)23-24(19)13(2)3/h5-8,10-11,13H,4,9H2,1-3H3. The van der Waals surface area contributed by atoms with Crippen LogP contribution in [0.4, 0.5) is 0 Å². The molecule has 6 heteroatoms. The third-order valence-electron chi connectivity index (χ3n) is 4.03. The van der Waals surface area contributed by atoms with Crippen molar-refractivity contribution in [3.63, 3.8) is 0 Å². The average Bonchev–Trinajstić information content (AvgIpc) is 3.04. The summed E-state index contributed by atoms with van der Waals surface area (Å²) in [6, 6.07) is 11.4. The number of pyridine rings is 1. The van der Waals surface area contributed by atoms with Gasteiger partial charge in [-0.25, -0.2) is 4.79 Å². The number of rotatable bonds is 5. The summed E-state index contributed by atoms with van der Waals surface area (Å²) in [6.45, 7) is 6.38. The fourth-order valence-corrected chi connectivity index (χ4v) is 2.77. The molecule has 3 rings (SSSR count). The van der Waals surface area contributed by atoms with Crippen molar-refractivity contribution in [3.8, 4) is 17.3 Å². The van der Waals surface area contributed by atoms with Gasteiger partial charge >= 0.3 is 5.97 Å². The third kappa shape index (κ3) is 3.29. The lowest BCUT2D eigenvalue weighted by Gasteiger charge is -2.08. The molecule has 0 aliphatic heterocycles. The molecule has 0 aliphatic carbocycles. The molecule has 1 aromatic carbocycles. The quantitative estimate of drug-likeness (QED) is 0.648. The number of fused-ring (bicyclic) bond motifs is 1. The summed E-state index contributed by atoms with van der Waals surface area (Å²) in [5.74, 6) is -0.359. The Bertz CT molecular complexity index is 999. The Morgan fingerprint density at radius 2 is 2.12 bits per heavy atom. The van der Waals surface area contributed by atoms with E-state index in [4.69, 9.17) is 4.74 Å². The molecular formula is C20H20N4O2. The monoisotopic (exact) mass is 348 g/mol. The molecule has 0 saturated carbocycles. The van der Waals surface area contributed by atoms with Crippen LogP contribution < -0.4 is 0 Å². The van der Waals surface area contributed by atoms with Crippen LogP contribution >= 0.6 is 0 Å². The number of ether oxygens (including phenoxy) is 1. The van der Waals surface area contributed by atoms with Crippen LogP contribution in [0.1, 0.15) is 49.3 Å². The Hall–Kier alpha value is -3.20. The van der Waals surface area contributed by atoms with E-state index < -0.39 is 0 Å². The smallest absolute Gasteiger partial charge is 0.338 e. The van der Waals surface area contributed by atoms with Crippen molar-refractivity contribution >= 4 is 16.9 Å². The molecule has 0 aliphatic rings. The third-order valence-corrected chi connectivity index (χ3v) is 4.03. The maximum absolute atomic E-state index is 12.1. The van der Waals surface area contributed by atoms with E-state index in [-0.39, 0.29) is 12.0 Å². The largest absolute Gasteiger partial charge is 0.462 e. The first-order valence-electron chi connectivity index (χ1n) is 8.61. The number of carbonyl (C=O) groups excluding carboxylic acids is 1. The van der Waals surface area contributed by atoms with Crippen molar-refractivity contribution in [1.29, 1.82) is 5.26 Å². The maximum atomic E-state index is 12.1. The molecule has 0 amide bonds. The molecule has 0 saturated heterocycles. The highest BCUT2D eigenvalue weighted by molar-refractivity contribution is 5.92. The van der Waals surface area contributed by atoms with Gasteiger partial charge in [0.1, 0.15) is 6.07 Å². The van der Waals surface area contributed by atoms with Crippen LogP contribution in [0, 0.1) is 11.3 Å². The summed E-state index contributed by atoms with van der Waals surface area (Å²) >= 11 is 0. The van der Waals surface area contributed by atoms with E-state index in [1.54, 1.807) is 18.3 Å². The number of esters is 1. The Morgan fingerprint density at radius 1 is 1.31 bits per heavy atom. The molecule has 0 unspecified atom stereocenters. The van der Waals surface area contributed by atoms with Gasteiger partial charge in [0.25, 0.3) is 0 Å². The molecule has 3 aromatic rings. The van der Waals surface area contributed by atoms with Crippen LogP contribution in [-0.4, -0.2) is 27.3 Å². The molecule has 6 nitrogen and oxygen atoms in total. The highest BCUT2D eigenvalue weighted by atomic mass is 16.5. The van der Waals surface area contributed by atoms with Gasteiger partial charge in [-0.3, -0.25) is 9.67 Å². The van der Waals surface area contributed by atoms with E-state index in [1.165, 1.54) is 0 Å². The molecular weight excluding hydrogens is 328 g/mol. The van der Waals surface area contributed by atoms with Crippen LogP contribution in [0.2, 0.25) is 0 Å². The number of nitrogens with zero attached hydrogens (tertiary/aromatic N) is 4. The van der Waals surface area contributed by atoms with E-state index in [9.17, 15) is 10.1 Å². The second-order valence-electron chi connectivity index (χ2n) is 6.30. The highest BCUT2D eigenvalue weighted by Crippen LogP contribution is 2.27. The maximum Gasteiger partial charge on any atom is 0.338 e. The van der Waals surface area contributed by atoms with Crippen LogP contribution in [0.25, 0.3) is 22.2 Å². The van der Waals surface area contributed by atoms with Gasteiger partial charge in [0, 0.05) is 23.2 Å². The van der Waals surface area contributed by atoms with E-state index in [0.717, 1.165) is 22.9 Å². The van der Waals surface area contributed by atoms with Crippen molar-refractivity contribution in [1.82, 2.24) is 14.8 Å². The minimum atomic E-state index is -0.359. The zero-order chi connectivity index (χ0) is 18.7. The molecule has 0 bridgehead atoms. The van der Waals surface area contributed by atoms with Crippen LogP contribution in [0.3, 0.4) is 0 Å². The number of benzene rings is 1. The first-order chi connectivity index (χ1) is 12.5. The predicted molar refractivity (Wildman–Crippen MR) is 98.6 cm³/mol. The van der Waals surface area contributed by atoms with Crippen molar-refractivity contribution in [2.24, 2.45) is 0 Å². The van der Waals surface area contributed by atoms with Crippen LogP contribution in [0.15, 0.2) is 36.5 Å². The number of aromatic nitrogens is 3. The molecule has 0 N–H and O–H groups in total. The lowest BCUT2D eigenvalue weighted by Crippen LogP contribution is -2.06. The fourth-order valence-electron chi connectivity index (χ4n) is 2.77. The van der Waals surface area contributed by atoms with Gasteiger partial charge in [-0.2, -0.15) is 10.4 Å². The number of hydrogen-bond acceptors (Lipinski definition) is 5. The minimum Gasteiger partial charge on any atom is -0.462 e. The second-order valence-corrected chi connectivity index (χ2v) is 6.30. The van der Waals surface area contributed by atoms with E-state index >= 15 is 0 Å². The van der Waals surface area contributed by atoms with Crippen molar-refractivity contribution in [3.05, 3.63) is 47.8 Å².